The van der Waals surface area contributed by atoms with E-state index in [1.54, 1.807) is 6.20 Å². The predicted octanol–water partition coefficient (Wildman–Crippen LogP) is 2.15. The van der Waals surface area contributed by atoms with E-state index >= 15 is 0 Å². The number of amides is 1. The second-order valence-corrected chi connectivity index (χ2v) is 9.46. The molecule has 1 amide bonds. The standard InChI is InChI=1S/C26H35N9O/c1-18-6-5-7-20-14-21(15-31-26(36)23-24(27)30-9-8-29-23)25(32-22(18)20)34(4)13-12-33(3)19(2)16-35-11-10-28-17-35/h5-11,17,19,21H,12-16H2,1-4H3,(H2,27,30)(H,31,36). The normalized spacial score (nSPS) is 15.8. The van der Waals surface area contributed by atoms with Crippen molar-refractivity contribution in [2.45, 2.75) is 32.9 Å². The van der Waals surface area contributed by atoms with E-state index in [1.165, 1.54) is 18.0 Å². The van der Waals surface area contributed by atoms with Crippen LogP contribution in [0.4, 0.5) is 11.5 Å². The molecular formula is C26H35N9O. The fraction of sp³-hybridized carbons (Fsp3) is 0.423. The summed E-state index contributed by atoms with van der Waals surface area (Å²) in [6.45, 7) is 7.30. The van der Waals surface area contributed by atoms with Gasteiger partial charge in [0.1, 0.15) is 5.84 Å². The van der Waals surface area contributed by atoms with Crippen LogP contribution in [0.25, 0.3) is 0 Å². The Bertz CT molecular complexity index is 1210. The number of carbonyl (C=O) groups excluding carboxylic acids is 1. The van der Waals surface area contributed by atoms with E-state index in [1.807, 2.05) is 12.5 Å². The van der Waals surface area contributed by atoms with Crippen molar-refractivity contribution < 1.29 is 4.79 Å². The number of aliphatic imine (C=N–C) groups is 1. The van der Waals surface area contributed by atoms with Gasteiger partial charge in [0.05, 0.1) is 12.0 Å². The molecule has 10 nitrogen and oxygen atoms in total. The first-order chi connectivity index (χ1) is 17.3. The number of amidine groups is 1. The number of para-hydroxylation sites is 1. The number of aryl methyl sites for hydroxylation is 1. The van der Waals surface area contributed by atoms with E-state index in [0.717, 1.165) is 43.1 Å². The van der Waals surface area contributed by atoms with Gasteiger partial charge in [-0.1, -0.05) is 18.2 Å². The number of fused-ring (bicyclic) bond motifs is 1. The highest BCUT2D eigenvalue weighted by atomic mass is 16.1. The van der Waals surface area contributed by atoms with Crippen LogP contribution in [0.2, 0.25) is 0 Å². The van der Waals surface area contributed by atoms with Crippen molar-refractivity contribution in [3.63, 3.8) is 0 Å². The Morgan fingerprint density at radius 2 is 2.03 bits per heavy atom. The largest absolute Gasteiger partial charge is 0.382 e. The number of anilines is 1. The van der Waals surface area contributed by atoms with Crippen molar-refractivity contribution in [3.05, 3.63) is 66.1 Å². The molecule has 3 N–H and O–H groups in total. The number of hydrogen-bond donors (Lipinski definition) is 2. The Kier molecular flexibility index (Phi) is 7.94. The molecule has 1 aliphatic heterocycles. The van der Waals surface area contributed by atoms with E-state index in [9.17, 15) is 4.79 Å². The number of nitrogens with one attached hydrogen (secondary N) is 1. The molecule has 0 fully saturated rings. The second kappa shape index (κ2) is 11.3. The first kappa shape index (κ1) is 25.3. The molecule has 3 aromatic rings. The number of nitrogens with zero attached hydrogens (tertiary/aromatic N) is 7. The molecule has 190 valence electrons. The van der Waals surface area contributed by atoms with Gasteiger partial charge in [-0.3, -0.25) is 4.79 Å². The summed E-state index contributed by atoms with van der Waals surface area (Å²) in [5.41, 5.74) is 9.36. The maximum atomic E-state index is 12.7. The second-order valence-electron chi connectivity index (χ2n) is 9.46. The van der Waals surface area contributed by atoms with Crippen LogP contribution in [0.3, 0.4) is 0 Å². The summed E-state index contributed by atoms with van der Waals surface area (Å²) in [7, 11) is 4.21. The van der Waals surface area contributed by atoms with Gasteiger partial charge in [0.15, 0.2) is 11.5 Å². The lowest BCUT2D eigenvalue weighted by Crippen LogP contribution is -2.45. The molecule has 0 saturated heterocycles. The van der Waals surface area contributed by atoms with Crippen LogP contribution in [0.1, 0.15) is 28.5 Å². The molecule has 1 aromatic carbocycles. The number of rotatable bonds is 9. The monoisotopic (exact) mass is 489 g/mol. The van der Waals surface area contributed by atoms with Crippen LogP contribution in [-0.4, -0.2) is 80.8 Å². The topological polar surface area (TPSA) is 118 Å². The Morgan fingerprint density at radius 1 is 1.22 bits per heavy atom. The fourth-order valence-corrected chi connectivity index (χ4v) is 4.47. The van der Waals surface area contributed by atoms with Gasteiger partial charge >= 0.3 is 0 Å². The van der Waals surface area contributed by atoms with Gasteiger partial charge in [-0.2, -0.15) is 0 Å². The number of benzene rings is 1. The van der Waals surface area contributed by atoms with Crippen molar-refractivity contribution >= 4 is 23.2 Å². The third-order valence-corrected chi connectivity index (χ3v) is 6.80. The zero-order valence-corrected chi connectivity index (χ0v) is 21.4. The number of nitrogens with two attached hydrogens (primary N) is 1. The van der Waals surface area contributed by atoms with E-state index < -0.39 is 0 Å². The molecule has 0 spiro atoms. The number of likely N-dealkylation sites (N-methyl/N-ethyl adjacent to an activating group) is 2. The molecule has 0 saturated carbocycles. The molecule has 36 heavy (non-hydrogen) atoms. The van der Waals surface area contributed by atoms with Crippen molar-refractivity contribution in [2.75, 3.05) is 39.5 Å². The lowest BCUT2D eigenvalue weighted by molar-refractivity contribution is 0.0945. The summed E-state index contributed by atoms with van der Waals surface area (Å²) in [5.74, 6) is 0.795. The van der Waals surface area contributed by atoms with E-state index in [-0.39, 0.29) is 23.3 Å². The molecule has 10 heteroatoms. The summed E-state index contributed by atoms with van der Waals surface area (Å²) in [6, 6.07) is 6.62. The molecule has 1 aliphatic rings. The molecule has 3 heterocycles. The number of nitrogen functional groups attached to an aromatic ring is 1. The summed E-state index contributed by atoms with van der Waals surface area (Å²) in [4.78, 5) is 34.6. The Balaban J connectivity index is 1.45. The summed E-state index contributed by atoms with van der Waals surface area (Å²) in [5, 5.41) is 3.00. The van der Waals surface area contributed by atoms with Crippen LogP contribution >= 0.6 is 0 Å². The average molecular weight is 490 g/mol. The SMILES string of the molecule is Cc1cccc2c1N=C(N(C)CCN(C)C(C)Cn1ccnc1)C(CNC(=O)c1nccnc1N)C2. The third kappa shape index (κ3) is 5.88. The molecule has 0 aliphatic carbocycles. The lowest BCUT2D eigenvalue weighted by atomic mass is 9.91. The first-order valence-corrected chi connectivity index (χ1v) is 12.2. The molecule has 0 bridgehead atoms. The van der Waals surface area contributed by atoms with E-state index in [2.05, 4.69) is 80.8 Å². The predicted molar refractivity (Wildman–Crippen MR) is 141 cm³/mol. The van der Waals surface area contributed by atoms with Crippen molar-refractivity contribution in [1.82, 2.24) is 34.6 Å². The minimum atomic E-state index is -0.328. The smallest absolute Gasteiger partial charge is 0.273 e. The minimum Gasteiger partial charge on any atom is -0.382 e. The molecule has 2 atom stereocenters. The minimum absolute atomic E-state index is 0.0276. The van der Waals surface area contributed by atoms with Crippen LogP contribution in [0, 0.1) is 12.8 Å². The van der Waals surface area contributed by atoms with E-state index in [0.29, 0.717) is 12.6 Å². The van der Waals surface area contributed by atoms with Gasteiger partial charge in [0, 0.05) is 70.0 Å². The quantitative estimate of drug-likeness (QED) is 0.473. The molecule has 0 radical (unpaired) electrons. The van der Waals surface area contributed by atoms with Gasteiger partial charge in [-0.15, -0.1) is 0 Å². The maximum Gasteiger partial charge on any atom is 0.273 e. The lowest BCUT2D eigenvalue weighted by Gasteiger charge is -2.34. The Hall–Kier alpha value is -3.79. The van der Waals surface area contributed by atoms with Gasteiger partial charge in [0.25, 0.3) is 5.91 Å². The molecule has 4 rings (SSSR count). The zero-order chi connectivity index (χ0) is 25.7. The van der Waals surface area contributed by atoms with Crippen LogP contribution in [0.15, 0.2) is 54.3 Å². The van der Waals surface area contributed by atoms with Gasteiger partial charge in [-0.25, -0.2) is 19.9 Å². The first-order valence-electron chi connectivity index (χ1n) is 12.2. The molecular weight excluding hydrogens is 454 g/mol. The number of carbonyl (C=O) groups is 1. The molecule has 2 unspecified atom stereocenters. The summed E-state index contributed by atoms with van der Waals surface area (Å²) >= 11 is 0. The van der Waals surface area contributed by atoms with Gasteiger partial charge < -0.3 is 25.4 Å². The highest BCUT2D eigenvalue weighted by Crippen LogP contribution is 2.32. The van der Waals surface area contributed by atoms with Crippen LogP contribution in [0.5, 0.6) is 0 Å². The third-order valence-electron chi connectivity index (χ3n) is 6.80. The fourth-order valence-electron chi connectivity index (χ4n) is 4.47. The van der Waals surface area contributed by atoms with Crippen molar-refractivity contribution in [3.8, 4) is 0 Å². The highest BCUT2D eigenvalue weighted by Gasteiger charge is 2.28. The highest BCUT2D eigenvalue weighted by molar-refractivity contribution is 5.97. The maximum absolute atomic E-state index is 12.7. The molecule has 2 aromatic heterocycles. The van der Waals surface area contributed by atoms with Gasteiger partial charge in [-0.05, 0) is 38.4 Å². The summed E-state index contributed by atoms with van der Waals surface area (Å²) in [6.07, 6.45) is 9.37. The average Bonchev–Trinajstić information content (AvgIpc) is 3.38. The van der Waals surface area contributed by atoms with E-state index in [4.69, 9.17) is 10.7 Å². The van der Waals surface area contributed by atoms with Crippen molar-refractivity contribution in [2.24, 2.45) is 10.9 Å². The Labute approximate surface area is 212 Å². The van der Waals surface area contributed by atoms with Gasteiger partial charge in [0.2, 0.25) is 0 Å². The zero-order valence-electron chi connectivity index (χ0n) is 21.4. The van der Waals surface area contributed by atoms with Crippen LogP contribution < -0.4 is 11.1 Å². The number of aromatic nitrogens is 4. The number of hydrogen-bond acceptors (Lipinski definition) is 8. The number of imidazole rings is 1. The van der Waals surface area contributed by atoms with Crippen LogP contribution in [-0.2, 0) is 13.0 Å². The summed E-state index contributed by atoms with van der Waals surface area (Å²) < 4.78 is 2.10. The Morgan fingerprint density at radius 3 is 2.78 bits per heavy atom. The van der Waals surface area contributed by atoms with Crippen molar-refractivity contribution in [1.29, 1.82) is 0 Å².